The molecule has 1 aliphatic rings. The molecule has 0 aromatic rings. The maximum absolute atomic E-state index is 10.8. The Morgan fingerprint density at radius 1 is 1.17 bits per heavy atom. The van der Waals surface area contributed by atoms with Gasteiger partial charge in [-0.25, -0.2) is 0 Å². The van der Waals surface area contributed by atoms with Crippen molar-refractivity contribution in [3.8, 4) is 0 Å². The number of hydrazine groups is 1. The van der Waals surface area contributed by atoms with E-state index in [1.165, 1.54) is 0 Å². The van der Waals surface area contributed by atoms with Crippen molar-refractivity contribution in [2.45, 2.75) is 12.1 Å². The SMILES string of the molecule is NC1=[N+]([O-])[N+]([O-])=C(N)C(O)C1N. The van der Waals surface area contributed by atoms with Gasteiger partial charge in [0.25, 0.3) is 0 Å². The standard InChI is InChI=1S/C4H9N5O3/c5-1-2(10)4(7)9(12)8(11)3(1)6/h1-2,10H,5-7H2. The molecule has 0 aromatic heterocycles. The van der Waals surface area contributed by atoms with Gasteiger partial charge < -0.3 is 21.3 Å². The molecule has 0 radical (unpaired) electrons. The van der Waals surface area contributed by atoms with Crippen LogP contribution in [0.25, 0.3) is 0 Å². The van der Waals surface area contributed by atoms with E-state index in [0.29, 0.717) is 0 Å². The van der Waals surface area contributed by atoms with Crippen molar-refractivity contribution in [2.24, 2.45) is 17.2 Å². The minimum Gasteiger partial charge on any atom is -0.675 e. The molecule has 12 heavy (non-hydrogen) atoms. The third-order valence-electron chi connectivity index (χ3n) is 1.59. The van der Waals surface area contributed by atoms with Gasteiger partial charge in [0.1, 0.15) is 6.04 Å². The van der Waals surface area contributed by atoms with Crippen molar-refractivity contribution in [1.82, 2.24) is 0 Å². The second kappa shape index (κ2) is 2.50. The van der Waals surface area contributed by atoms with Crippen LogP contribution in [0.4, 0.5) is 0 Å². The molecule has 1 heterocycles. The van der Waals surface area contributed by atoms with E-state index in [1.807, 2.05) is 0 Å². The normalized spacial score (nSPS) is 31.2. The predicted octanol–water partition coefficient (Wildman–Crippen LogP) is -3.66. The molecule has 0 bridgehead atoms. The first kappa shape index (κ1) is 8.56. The number of rotatable bonds is 0. The summed E-state index contributed by atoms with van der Waals surface area (Å²) < 4.78 is 0. The Morgan fingerprint density at radius 3 is 2.08 bits per heavy atom. The molecular weight excluding hydrogens is 166 g/mol. The summed E-state index contributed by atoms with van der Waals surface area (Å²) in [6.07, 6.45) is -1.41. The fourth-order valence-electron chi connectivity index (χ4n) is 0.796. The fraction of sp³-hybridized carbons (Fsp3) is 0.500. The van der Waals surface area contributed by atoms with Gasteiger partial charge in [0.2, 0.25) is 0 Å². The van der Waals surface area contributed by atoms with Crippen molar-refractivity contribution in [3.63, 3.8) is 0 Å². The van der Waals surface area contributed by atoms with Crippen LogP contribution in [0.2, 0.25) is 0 Å². The zero-order chi connectivity index (χ0) is 9.46. The molecule has 8 nitrogen and oxygen atoms in total. The number of hydrogen-bond donors (Lipinski definition) is 4. The summed E-state index contributed by atoms with van der Waals surface area (Å²) in [6, 6.07) is -1.13. The molecular formula is C4H9N5O3. The first-order chi connectivity index (χ1) is 5.46. The zero-order valence-electron chi connectivity index (χ0n) is 6.04. The van der Waals surface area contributed by atoms with Gasteiger partial charge in [0, 0.05) is 0 Å². The quantitative estimate of drug-likeness (QED) is 0.220. The number of aliphatic hydroxyl groups is 1. The lowest BCUT2D eigenvalue weighted by Crippen LogP contribution is -2.61. The van der Waals surface area contributed by atoms with Crippen LogP contribution < -0.4 is 17.2 Å². The molecule has 0 aliphatic carbocycles. The lowest BCUT2D eigenvalue weighted by Gasteiger charge is -2.25. The van der Waals surface area contributed by atoms with Gasteiger partial charge in [0.05, 0.1) is 0 Å². The van der Waals surface area contributed by atoms with Crippen molar-refractivity contribution >= 4 is 11.7 Å². The molecule has 0 saturated carbocycles. The van der Waals surface area contributed by atoms with Gasteiger partial charge in [-0.3, -0.25) is 11.5 Å². The average molecular weight is 175 g/mol. The summed E-state index contributed by atoms with van der Waals surface area (Å²) in [5, 5.41) is 30.6. The Hall–Kier alpha value is -1.54. The highest BCUT2D eigenvalue weighted by Crippen LogP contribution is 1.97. The molecule has 1 aliphatic heterocycles. The van der Waals surface area contributed by atoms with E-state index in [1.54, 1.807) is 0 Å². The summed E-state index contributed by atoms with van der Waals surface area (Å²) in [6.45, 7) is 0. The molecule has 0 spiro atoms. The number of hydrazone groups is 2. The first-order valence-electron chi connectivity index (χ1n) is 3.09. The van der Waals surface area contributed by atoms with Crippen LogP contribution in [-0.4, -0.2) is 38.6 Å². The van der Waals surface area contributed by atoms with Crippen LogP contribution >= 0.6 is 0 Å². The van der Waals surface area contributed by atoms with Gasteiger partial charge in [-0.05, 0) is 0 Å². The molecule has 2 atom stereocenters. The summed E-state index contributed by atoms with van der Waals surface area (Å²) >= 11 is 0. The number of aliphatic hydroxyl groups excluding tert-OH is 1. The highest BCUT2D eigenvalue weighted by Gasteiger charge is 2.37. The van der Waals surface area contributed by atoms with Crippen molar-refractivity contribution < 1.29 is 14.8 Å². The van der Waals surface area contributed by atoms with Crippen LogP contribution in [0.5, 0.6) is 0 Å². The van der Waals surface area contributed by atoms with Crippen LogP contribution in [0.15, 0.2) is 0 Å². The summed E-state index contributed by atoms with van der Waals surface area (Å²) in [7, 11) is 0. The highest BCUT2D eigenvalue weighted by atomic mass is 16.7. The Bertz CT molecular complexity index is 244. The van der Waals surface area contributed by atoms with E-state index >= 15 is 0 Å². The van der Waals surface area contributed by atoms with Gasteiger partial charge in [-0.15, -0.1) is 0 Å². The van der Waals surface area contributed by atoms with Gasteiger partial charge in [-0.2, -0.15) is 0 Å². The minimum atomic E-state index is -1.41. The van der Waals surface area contributed by atoms with Crippen LogP contribution in [-0.2, 0) is 0 Å². The lowest BCUT2D eigenvalue weighted by atomic mass is 10.1. The summed E-state index contributed by atoms with van der Waals surface area (Å²) in [4.78, 5) is -0.448. The van der Waals surface area contributed by atoms with Crippen LogP contribution in [0, 0.1) is 10.4 Å². The van der Waals surface area contributed by atoms with Crippen molar-refractivity contribution in [1.29, 1.82) is 0 Å². The molecule has 0 fully saturated rings. The fourth-order valence-corrected chi connectivity index (χ4v) is 0.796. The van der Waals surface area contributed by atoms with E-state index < -0.39 is 23.8 Å². The van der Waals surface area contributed by atoms with Crippen LogP contribution in [0.1, 0.15) is 0 Å². The van der Waals surface area contributed by atoms with E-state index in [-0.39, 0.29) is 9.70 Å². The number of amidine groups is 2. The van der Waals surface area contributed by atoms with Crippen molar-refractivity contribution in [3.05, 3.63) is 10.4 Å². The largest absolute Gasteiger partial charge is 0.675 e. The number of nitrogens with two attached hydrogens (primary N) is 3. The molecule has 1 rings (SSSR count). The summed E-state index contributed by atoms with van der Waals surface area (Å²) in [5.41, 5.74) is 15.4. The monoisotopic (exact) mass is 175 g/mol. The molecule has 0 saturated heterocycles. The zero-order valence-corrected chi connectivity index (χ0v) is 6.04. The van der Waals surface area contributed by atoms with Crippen molar-refractivity contribution in [2.75, 3.05) is 0 Å². The third-order valence-corrected chi connectivity index (χ3v) is 1.59. The Balaban J connectivity index is 3.18. The minimum absolute atomic E-state index is 0.202. The van der Waals surface area contributed by atoms with Gasteiger partial charge in [0.15, 0.2) is 6.10 Å². The van der Waals surface area contributed by atoms with Gasteiger partial charge >= 0.3 is 11.7 Å². The van der Waals surface area contributed by atoms with E-state index in [4.69, 9.17) is 22.3 Å². The average Bonchev–Trinajstić information content (AvgIpc) is 2.08. The number of nitrogens with zero attached hydrogens (tertiary/aromatic N) is 2. The highest BCUT2D eigenvalue weighted by molar-refractivity contribution is 5.92. The maximum atomic E-state index is 10.8. The van der Waals surface area contributed by atoms with E-state index in [2.05, 4.69) is 0 Å². The van der Waals surface area contributed by atoms with Gasteiger partial charge in [-0.1, -0.05) is 9.70 Å². The molecule has 7 N–H and O–H groups in total. The molecule has 68 valence electrons. The molecule has 0 amide bonds. The smallest absolute Gasteiger partial charge is 0.319 e. The molecule has 0 aromatic carbocycles. The maximum Gasteiger partial charge on any atom is 0.319 e. The number of hydrogen-bond acceptors (Lipinski definition) is 6. The second-order valence-corrected chi connectivity index (χ2v) is 2.37. The Kier molecular flexibility index (Phi) is 1.78. The Labute approximate surface area is 67.3 Å². The molecule has 2 unspecified atom stereocenters. The van der Waals surface area contributed by atoms with E-state index in [9.17, 15) is 10.4 Å². The summed E-state index contributed by atoms with van der Waals surface area (Å²) in [5.74, 6) is -1.03. The van der Waals surface area contributed by atoms with Crippen LogP contribution in [0.3, 0.4) is 0 Å². The Morgan fingerprint density at radius 2 is 1.58 bits per heavy atom. The first-order valence-corrected chi connectivity index (χ1v) is 3.09. The third kappa shape index (κ3) is 0.933. The predicted molar refractivity (Wildman–Crippen MR) is 39.6 cm³/mol. The van der Waals surface area contributed by atoms with E-state index in [0.717, 1.165) is 0 Å². The topological polar surface area (TPSA) is 150 Å². The lowest BCUT2D eigenvalue weighted by molar-refractivity contribution is -1.06. The second-order valence-electron chi connectivity index (χ2n) is 2.37. The molecule has 8 heteroatoms.